The van der Waals surface area contributed by atoms with E-state index in [9.17, 15) is 4.79 Å². The molecule has 0 saturated carbocycles. The number of hydrogen-bond acceptors (Lipinski definition) is 2. The van der Waals surface area contributed by atoms with Crippen LogP contribution in [0.3, 0.4) is 0 Å². The van der Waals surface area contributed by atoms with Crippen LogP contribution in [0.25, 0.3) is 10.8 Å². The number of aromatic amines is 1. The Balaban J connectivity index is 3.00. The summed E-state index contributed by atoms with van der Waals surface area (Å²) in [6.45, 7) is 0. The monoisotopic (exact) mass is 253 g/mol. The molecule has 3 nitrogen and oxygen atoms in total. The zero-order chi connectivity index (χ0) is 10.1. The fourth-order valence-electron chi connectivity index (χ4n) is 1.41. The van der Waals surface area contributed by atoms with Crippen LogP contribution >= 0.6 is 15.9 Å². The molecule has 2 aromatic rings. The molecule has 1 aromatic carbocycles. The summed E-state index contributed by atoms with van der Waals surface area (Å²) in [5.74, 6) is 0.659. The second-order valence-corrected chi connectivity index (χ2v) is 3.70. The van der Waals surface area contributed by atoms with Gasteiger partial charge < -0.3 is 9.72 Å². The zero-order valence-corrected chi connectivity index (χ0v) is 9.09. The van der Waals surface area contributed by atoms with E-state index in [1.807, 2.05) is 12.1 Å². The molecule has 0 saturated heterocycles. The highest BCUT2D eigenvalue weighted by Gasteiger charge is 2.07. The first-order chi connectivity index (χ1) is 6.74. The third kappa shape index (κ3) is 1.32. The minimum absolute atomic E-state index is 0.109. The Morgan fingerprint density at radius 1 is 1.43 bits per heavy atom. The fraction of sp³-hybridized carbons (Fsp3) is 0.100. The van der Waals surface area contributed by atoms with Crippen molar-refractivity contribution >= 4 is 26.7 Å². The van der Waals surface area contributed by atoms with Gasteiger partial charge in [0.1, 0.15) is 5.75 Å². The van der Waals surface area contributed by atoms with Crippen LogP contribution in [0.2, 0.25) is 0 Å². The molecule has 0 aliphatic rings. The third-order valence-electron chi connectivity index (χ3n) is 2.06. The normalized spacial score (nSPS) is 10.4. The van der Waals surface area contributed by atoms with Gasteiger partial charge in [-0.05, 0) is 12.1 Å². The summed E-state index contributed by atoms with van der Waals surface area (Å²) in [5.41, 5.74) is -0.109. The van der Waals surface area contributed by atoms with Crippen LogP contribution in [0, 0.1) is 0 Å². The lowest BCUT2D eigenvalue weighted by Gasteiger charge is -2.05. The Hall–Kier alpha value is -1.29. The Morgan fingerprint density at radius 2 is 2.21 bits per heavy atom. The molecular weight excluding hydrogens is 246 g/mol. The van der Waals surface area contributed by atoms with Crippen molar-refractivity contribution in [3.63, 3.8) is 0 Å². The molecule has 14 heavy (non-hydrogen) atoms. The second-order valence-electron chi connectivity index (χ2n) is 2.85. The number of rotatable bonds is 1. The average molecular weight is 254 g/mol. The van der Waals surface area contributed by atoms with Gasteiger partial charge in [0.05, 0.1) is 12.5 Å². The van der Waals surface area contributed by atoms with Gasteiger partial charge in [0, 0.05) is 16.1 Å². The van der Waals surface area contributed by atoms with E-state index in [4.69, 9.17) is 4.74 Å². The number of nitrogens with one attached hydrogen (secondary N) is 1. The molecule has 4 heteroatoms. The molecule has 0 fully saturated rings. The number of hydrogen-bond donors (Lipinski definition) is 1. The van der Waals surface area contributed by atoms with Crippen molar-refractivity contribution in [2.45, 2.75) is 0 Å². The summed E-state index contributed by atoms with van der Waals surface area (Å²) < 4.78 is 6.02. The smallest absolute Gasteiger partial charge is 0.256 e. The summed E-state index contributed by atoms with van der Waals surface area (Å²) in [6, 6.07) is 5.47. The molecule has 0 aliphatic carbocycles. The predicted octanol–water partition coefficient (Wildman–Crippen LogP) is 2.30. The van der Waals surface area contributed by atoms with Gasteiger partial charge >= 0.3 is 0 Å². The number of halogens is 1. The molecular formula is C10H8BrNO2. The van der Waals surface area contributed by atoms with Crippen molar-refractivity contribution in [2.24, 2.45) is 0 Å². The minimum Gasteiger partial charge on any atom is -0.495 e. The maximum Gasteiger partial charge on any atom is 0.256 e. The predicted molar refractivity (Wildman–Crippen MR) is 58.8 cm³/mol. The van der Waals surface area contributed by atoms with E-state index in [0.717, 1.165) is 9.86 Å². The first-order valence-electron chi connectivity index (χ1n) is 4.08. The molecule has 0 amide bonds. The lowest BCUT2D eigenvalue weighted by molar-refractivity contribution is 0.417. The van der Waals surface area contributed by atoms with Crippen molar-refractivity contribution in [3.05, 3.63) is 39.2 Å². The van der Waals surface area contributed by atoms with Crippen molar-refractivity contribution in [2.75, 3.05) is 7.11 Å². The maximum atomic E-state index is 11.5. The molecule has 0 radical (unpaired) electrons. The summed E-state index contributed by atoms with van der Waals surface area (Å²) >= 11 is 3.39. The number of pyridine rings is 1. The number of methoxy groups -OCH3 is 1. The SMILES string of the molecule is COc1c[nH]c(=O)c2cccc(Br)c12. The van der Waals surface area contributed by atoms with Gasteiger partial charge in [-0.1, -0.05) is 22.0 Å². The molecule has 1 heterocycles. The van der Waals surface area contributed by atoms with Crippen molar-refractivity contribution in [1.82, 2.24) is 4.98 Å². The summed E-state index contributed by atoms with van der Waals surface area (Å²) in [6.07, 6.45) is 1.56. The van der Waals surface area contributed by atoms with Crippen LogP contribution in [0.5, 0.6) is 5.75 Å². The Labute approximate surface area is 88.8 Å². The number of ether oxygens (including phenoxy) is 1. The van der Waals surface area contributed by atoms with Crippen LogP contribution in [-0.4, -0.2) is 12.1 Å². The van der Waals surface area contributed by atoms with Crippen molar-refractivity contribution in [3.8, 4) is 5.75 Å². The third-order valence-corrected chi connectivity index (χ3v) is 2.72. The first kappa shape index (κ1) is 9.27. The van der Waals surface area contributed by atoms with E-state index >= 15 is 0 Å². The van der Waals surface area contributed by atoms with E-state index < -0.39 is 0 Å². The molecule has 0 unspecified atom stereocenters. The van der Waals surface area contributed by atoms with Gasteiger partial charge in [0.25, 0.3) is 5.56 Å². The van der Waals surface area contributed by atoms with Gasteiger partial charge in [0.15, 0.2) is 0 Å². The van der Waals surface area contributed by atoms with E-state index in [-0.39, 0.29) is 5.56 Å². The molecule has 72 valence electrons. The number of aromatic nitrogens is 1. The molecule has 0 aliphatic heterocycles. The van der Waals surface area contributed by atoms with Crippen LogP contribution < -0.4 is 10.3 Å². The summed E-state index contributed by atoms with van der Waals surface area (Å²) in [5, 5.41) is 1.43. The van der Waals surface area contributed by atoms with Gasteiger partial charge in [-0.2, -0.15) is 0 Å². The quantitative estimate of drug-likeness (QED) is 0.848. The van der Waals surface area contributed by atoms with Crippen LogP contribution in [0.15, 0.2) is 33.7 Å². The maximum absolute atomic E-state index is 11.5. The highest BCUT2D eigenvalue weighted by Crippen LogP contribution is 2.29. The highest BCUT2D eigenvalue weighted by atomic mass is 79.9. The number of fused-ring (bicyclic) bond motifs is 1. The van der Waals surface area contributed by atoms with Crippen LogP contribution in [-0.2, 0) is 0 Å². The van der Waals surface area contributed by atoms with Crippen molar-refractivity contribution < 1.29 is 4.74 Å². The molecule has 0 spiro atoms. The van der Waals surface area contributed by atoms with E-state index in [1.54, 1.807) is 19.4 Å². The lowest BCUT2D eigenvalue weighted by atomic mass is 10.1. The lowest BCUT2D eigenvalue weighted by Crippen LogP contribution is -2.06. The fourth-order valence-corrected chi connectivity index (χ4v) is 1.97. The van der Waals surface area contributed by atoms with E-state index in [0.29, 0.717) is 11.1 Å². The van der Waals surface area contributed by atoms with Gasteiger partial charge in [-0.3, -0.25) is 4.79 Å². The van der Waals surface area contributed by atoms with Gasteiger partial charge in [-0.25, -0.2) is 0 Å². The van der Waals surface area contributed by atoms with E-state index in [2.05, 4.69) is 20.9 Å². The highest BCUT2D eigenvalue weighted by molar-refractivity contribution is 9.10. The van der Waals surface area contributed by atoms with Gasteiger partial charge in [0.2, 0.25) is 0 Å². The first-order valence-corrected chi connectivity index (χ1v) is 4.87. The van der Waals surface area contributed by atoms with Gasteiger partial charge in [-0.15, -0.1) is 0 Å². The summed E-state index contributed by atoms with van der Waals surface area (Å²) in [4.78, 5) is 14.1. The second kappa shape index (κ2) is 3.46. The standard InChI is InChI=1S/C10H8BrNO2/c1-14-8-5-12-10(13)6-3-2-4-7(11)9(6)8/h2-5H,1H3,(H,12,13). The molecule has 2 rings (SSSR count). The number of H-pyrrole nitrogens is 1. The zero-order valence-electron chi connectivity index (χ0n) is 7.50. The van der Waals surface area contributed by atoms with Crippen molar-refractivity contribution in [1.29, 1.82) is 0 Å². The van der Waals surface area contributed by atoms with Crippen LogP contribution in [0.4, 0.5) is 0 Å². The molecule has 1 N–H and O–H groups in total. The Morgan fingerprint density at radius 3 is 2.93 bits per heavy atom. The molecule has 1 aromatic heterocycles. The largest absolute Gasteiger partial charge is 0.495 e. The Bertz CT molecular complexity index is 533. The van der Waals surface area contributed by atoms with E-state index in [1.165, 1.54) is 0 Å². The number of benzene rings is 1. The average Bonchev–Trinajstić information content (AvgIpc) is 2.20. The topological polar surface area (TPSA) is 42.1 Å². The minimum atomic E-state index is -0.109. The molecule has 0 bridgehead atoms. The molecule has 0 atom stereocenters. The summed E-state index contributed by atoms with van der Waals surface area (Å²) in [7, 11) is 1.58. The Kier molecular flexibility index (Phi) is 2.29. The van der Waals surface area contributed by atoms with Crippen LogP contribution in [0.1, 0.15) is 0 Å².